The third kappa shape index (κ3) is 4.20. The summed E-state index contributed by atoms with van der Waals surface area (Å²) in [5.74, 6) is -1.06. The molecule has 1 heterocycles. The molecule has 1 unspecified atom stereocenters. The maximum absolute atomic E-state index is 14.6. The second kappa shape index (κ2) is 9.03. The van der Waals surface area contributed by atoms with Crippen LogP contribution < -0.4 is 51.4 Å². The minimum Gasteiger partial charge on any atom is -0.534 e. The summed E-state index contributed by atoms with van der Waals surface area (Å²) in [5.41, 5.74) is 3.03. The second-order valence-electron chi connectivity index (χ2n) is 6.30. The average Bonchev–Trinajstić information content (AvgIpc) is 3.06. The maximum Gasteiger partial charge on any atom is 1.00 e. The van der Waals surface area contributed by atoms with Crippen LogP contribution in [0, 0.1) is 5.82 Å². The zero-order valence-corrected chi connectivity index (χ0v) is 19.1. The predicted molar refractivity (Wildman–Crippen MR) is 98.3 cm³/mol. The van der Waals surface area contributed by atoms with Crippen molar-refractivity contribution >= 4 is 21.9 Å². The number of rotatable bonds is 4. The number of alkyl halides is 4. The fourth-order valence-electron chi connectivity index (χ4n) is 3.31. The van der Waals surface area contributed by atoms with E-state index in [9.17, 15) is 22.0 Å². The molecule has 1 atom stereocenters. The summed E-state index contributed by atoms with van der Waals surface area (Å²) in [5, 5.41) is 0.905. The van der Waals surface area contributed by atoms with Gasteiger partial charge in [0.1, 0.15) is 17.0 Å². The van der Waals surface area contributed by atoms with Crippen molar-refractivity contribution in [1.82, 2.24) is 0 Å². The van der Waals surface area contributed by atoms with Gasteiger partial charge in [-0.25, -0.2) is 8.78 Å². The molecule has 0 spiro atoms. The zero-order valence-electron chi connectivity index (χ0n) is 15.9. The van der Waals surface area contributed by atoms with Crippen LogP contribution in [0.1, 0.15) is 17.5 Å². The summed E-state index contributed by atoms with van der Waals surface area (Å²) in [7, 11) is 1.28. The smallest absolute Gasteiger partial charge is 0.534 e. The maximum atomic E-state index is 14.6. The van der Waals surface area contributed by atoms with E-state index >= 15 is 0 Å². The minimum absolute atomic E-state index is 0. The van der Waals surface area contributed by atoms with Crippen molar-refractivity contribution in [3.63, 3.8) is 0 Å². The molecule has 0 saturated carbocycles. The van der Waals surface area contributed by atoms with Gasteiger partial charge in [-0.3, -0.25) is 0 Å². The molecule has 0 aliphatic heterocycles. The van der Waals surface area contributed by atoms with Gasteiger partial charge in [-0.05, 0) is 18.2 Å². The van der Waals surface area contributed by atoms with E-state index in [0.717, 1.165) is 12.1 Å². The van der Waals surface area contributed by atoms with Crippen LogP contribution in [0.15, 0.2) is 59.0 Å². The molecule has 0 aliphatic rings. The quantitative estimate of drug-likeness (QED) is 0.267. The van der Waals surface area contributed by atoms with Gasteiger partial charge in [0.25, 0.3) is 0 Å². The Labute approximate surface area is 210 Å². The summed E-state index contributed by atoms with van der Waals surface area (Å²) >= 11 is 0. The van der Waals surface area contributed by atoms with Gasteiger partial charge in [-0.15, -0.1) is 7.05 Å². The molecular formula is C21H13F5KNO2. The van der Waals surface area contributed by atoms with Gasteiger partial charge in [0.15, 0.2) is 0 Å². The first-order chi connectivity index (χ1) is 13.8. The number of hydrogen-bond donors (Lipinski definition) is 0. The molecular weight excluding hydrogens is 432 g/mol. The van der Waals surface area contributed by atoms with Gasteiger partial charge >= 0.3 is 57.6 Å². The fraction of sp³-hybridized carbons (Fsp3) is 0.143. The van der Waals surface area contributed by atoms with E-state index in [0.29, 0.717) is 22.4 Å². The predicted octanol–water partition coefficient (Wildman–Crippen LogP) is 4.32. The first-order valence-electron chi connectivity index (χ1n) is 8.51. The van der Waals surface area contributed by atoms with Crippen molar-refractivity contribution in [3.05, 3.63) is 77.0 Å². The Kier molecular flexibility index (Phi) is 7.03. The fourth-order valence-corrected chi connectivity index (χ4v) is 3.31. The molecule has 4 aromatic rings. The van der Waals surface area contributed by atoms with Crippen molar-refractivity contribution < 1.29 is 82.6 Å². The van der Waals surface area contributed by atoms with Crippen LogP contribution in [0.4, 0.5) is 22.0 Å². The van der Waals surface area contributed by atoms with E-state index in [1.54, 1.807) is 24.3 Å². The number of hydroxylamine groups is 1. The molecule has 0 bridgehead atoms. The van der Waals surface area contributed by atoms with Crippen LogP contribution in [0.2, 0.25) is 0 Å². The van der Waals surface area contributed by atoms with Gasteiger partial charge in [0.2, 0.25) is 6.36 Å². The Morgan fingerprint density at radius 3 is 2.37 bits per heavy atom. The average molecular weight is 445 g/mol. The molecule has 3 aromatic carbocycles. The van der Waals surface area contributed by atoms with E-state index in [1.165, 1.54) is 19.2 Å². The Bertz CT molecular complexity index is 1210. The van der Waals surface area contributed by atoms with Crippen molar-refractivity contribution in [3.8, 4) is 11.1 Å². The normalized spacial score (nSPS) is 12.9. The summed E-state index contributed by atoms with van der Waals surface area (Å²) in [6.07, 6.45) is -6.56. The zero-order chi connectivity index (χ0) is 20.8. The van der Waals surface area contributed by atoms with E-state index in [-0.39, 0.29) is 73.7 Å². The molecule has 1 aromatic heterocycles. The van der Waals surface area contributed by atoms with Gasteiger partial charge in [0, 0.05) is 27.5 Å². The first-order valence-corrected chi connectivity index (χ1v) is 8.51. The third-order valence-electron chi connectivity index (χ3n) is 4.59. The van der Waals surface area contributed by atoms with Gasteiger partial charge in [0.05, 0.1) is 5.56 Å². The first kappa shape index (κ1) is 23.3. The number of hydrogen-bond acceptors (Lipinski definition) is 2. The van der Waals surface area contributed by atoms with Gasteiger partial charge < -0.3 is 14.7 Å². The molecule has 0 saturated heterocycles. The van der Waals surface area contributed by atoms with E-state index in [1.807, 2.05) is 0 Å². The van der Waals surface area contributed by atoms with Gasteiger partial charge in [-0.1, -0.05) is 36.4 Å². The summed E-state index contributed by atoms with van der Waals surface area (Å²) < 4.78 is 73.5. The van der Waals surface area contributed by atoms with Crippen LogP contribution in [-0.2, 0) is 11.0 Å². The van der Waals surface area contributed by atoms with Crippen molar-refractivity contribution in [1.29, 1.82) is 0 Å². The number of nitrogens with zero attached hydrogens (tertiary/aromatic N) is 1. The number of benzene rings is 3. The molecule has 4 rings (SSSR count). The van der Waals surface area contributed by atoms with Crippen LogP contribution in [0.3, 0.4) is 0 Å². The number of para-hydroxylation sites is 1. The monoisotopic (exact) mass is 445 g/mol. The standard InChI is InChI=1S/C21H13F5NO2.K/c1-27-29-20(23)15-9-8-13(12-7-6-11(10-16(12)22)21(24,25)26)19-18(15)14-4-2-3-5-17(14)28-19;/h2-10,20H,1H3;/q-1;+1. The summed E-state index contributed by atoms with van der Waals surface area (Å²) in [6.45, 7) is 0. The minimum atomic E-state index is -4.67. The molecule has 150 valence electrons. The largest absolute Gasteiger partial charge is 1.00 e. The number of furan rings is 1. The molecule has 3 nitrogen and oxygen atoms in total. The van der Waals surface area contributed by atoms with Crippen LogP contribution >= 0.6 is 0 Å². The Morgan fingerprint density at radius 2 is 1.70 bits per heavy atom. The second-order valence-corrected chi connectivity index (χ2v) is 6.30. The molecule has 0 radical (unpaired) electrons. The Balaban J connectivity index is 0.00000256. The van der Waals surface area contributed by atoms with E-state index < -0.39 is 23.9 Å². The molecule has 9 heteroatoms. The Morgan fingerprint density at radius 1 is 1.00 bits per heavy atom. The Hall–Kier alpha value is -1.33. The van der Waals surface area contributed by atoms with Crippen LogP contribution in [0.5, 0.6) is 0 Å². The summed E-state index contributed by atoms with van der Waals surface area (Å²) in [6, 6.07) is 11.8. The van der Waals surface area contributed by atoms with E-state index in [4.69, 9.17) is 9.25 Å². The molecule has 0 fully saturated rings. The summed E-state index contributed by atoms with van der Waals surface area (Å²) in [4.78, 5) is 4.69. The van der Waals surface area contributed by atoms with Crippen molar-refractivity contribution in [2.75, 3.05) is 7.05 Å². The van der Waals surface area contributed by atoms with E-state index in [2.05, 4.69) is 5.48 Å². The third-order valence-corrected chi connectivity index (χ3v) is 4.59. The van der Waals surface area contributed by atoms with Crippen molar-refractivity contribution in [2.45, 2.75) is 12.5 Å². The number of fused-ring (bicyclic) bond motifs is 3. The SMILES string of the molecule is C[N-]OC(F)c1ccc(-c2ccc(C(F)(F)F)cc2F)c2oc3ccccc3c12.[K+]. The topological polar surface area (TPSA) is 36.5 Å². The van der Waals surface area contributed by atoms with Gasteiger partial charge in [-0.2, -0.15) is 13.2 Å². The molecule has 0 amide bonds. The van der Waals surface area contributed by atoms with Crippen molar-refractivity contribution in [2.24, 2.45) is 0 Å². The molecule has 0 aliphatic carbocycles. The van der Waals surface area contributed by atoms with Crippen LogP contribution in [0.25, 0.3) is 38.5 Å². The molecule has 30 heavy (non-hydrogen) atoms. The molecule has 0 N–H and O–H groups in total. The number of halogens is 5. The van der Waals surface area contributed by atoms with Crippen LogP contribution in [-0.4, -0.2) is 7.05 Å².